The molecule has 0 saturated carbocycles. The summed E-state index contributed by atoms with van der Waals surface area (Å²) in [4.78, 5) is 0. The molecule has 0 rings (SSSR count). The first-order valence-corrected chi connectivity index (χ1v) is 2.45. The molecule has 0 radical (unpaired) electrons. The van der Waals surface area contributed by atoms with Gasteiger partial charge in [0.1, 0.15) is 21.0 Å². The van der Waals surface area contributed by atoms with Gasteiger partial charge in [-0.25, -0.2) is 0 Å². The molecule has 0 spiro atoms. The molecule has 3 N–H and O–H groups in total. The zero-order valence-electron chi connectivity index (χ0n) is 3.12. The Morgan fingerprint density at radius 1 is 1.25 bits per heavy atom. The van der Waals surface area contributed by atoms with Gasteiger partial charge in [-0.1, -0.05) is 0 Å². The van der Waals surface area contributed by atoms with Crippen LogP contribution in [0.15, 0.2) is 0 Å². The maximum absolute atomic E-state index is 4.53. The molecule has 0 aromatic heterocycles. The number of hydrogen-bond donors (Lipinski definition) is 1. The van der Waals surface area contributed by atoms with Crippen molar-refractivity contribution in [2.45, 2.75) is 0 Å². The van der Waals surface area contributed by atoms with E-state index in [2.05, 4.69) is 4.12 Å². The molecular weight excluding hydrogens is 86.2 g/mol. The van der Waals surface area contributed by atoms with Crippen LogP contribution in [0.1, 0.15) is 0 Å². The molecule has 28 valence electrons. The van der Waals surface area contributed by atoms with Gasteiger partial charge in [-0.2, -0.15) is 0 Å². The van der Waals surface area contributed by atoms with Crippen molar-refractivity contribution < 1.29 is 4.12 Å². The van der Waals surface area contributed by atoms with E-state index in [4.69, 9.17) is 0 Å². The Morgan fingerprint density at radius 3 is 1.25 bits per heavy atom. The lowest BCUT2D eigenvalue weighted by molar-refractivity contribution is 0.690. The van der Waals surface area contributed by atoms with Crippen LogP contribution in [0.3, 0.4) is 0 Å². The summed E-state index contributed by atoms with van der Waals surface area (Å²) >= 11 is 0. The predicted octanol–water partition coefficient (Wildman–Crippen LogP) is -2.27. The first kappa shape index (κ1) is 8.84. The summed E-state index contributed by atoms with van der Waals surface area (Å²) < 4.78 is 4.53. The molecule has 2 nitrogen and oxygen atoms in total. The number of hydrogen-bond acceptors (Lipinski definition) is 2. The molecule has 0 saturated heterocycles. The summed E-state index contributed by atoms with van der Waals surface area (Å²) in [6.07, 6.45) is 0. The van der Waals surface area contributed by atoms with E-state index in [1.807, 2.05) is 0 Å². The van der Waals surface area contributed by atoms with E-state index in [1.54, 1.807) is 0 Å². The Labute approximate surface area is 32.2 Å². The Kier molecular flexibility index (Phi) is 22.4. The maximum atomic E-state index is 4.53. The fourth-order valence-electron chi connectivity index (χ4n) is 0. The molecule has 0 atom stereocenters. The molecule has 0 heterocycles. The molecule has 0 aliphatic heterocycles. The van der Waals surface area contributed by atoms with Crippen LogP contribution in [-0.2, 0) is 4.12 Å². The quantitative estimate of drug-likeness (QED) is 0.345. The highest BCUT2D eigenvalue weighted by atomic mass is 28.3. The third-order valence-corrected chi connectivity index (χ3v) is 0. The first-order valence-electron chi connectivity index (χ1n) is 0.816. The van der Waals surface area contributed by atoms with Gasteiger partial charge in [0.05, 0.1) is 0 Å². The lowest BCUT2D eigenvalue weighted by atomic mass is 14.0. The summed E-state index contributed by atoms with van der Waals surface area (Å²) in [6, 6.07) is 0. The normalized spacial score (nSPS) is 6.00. The minimum absolute atomic E-state index is 0. The van der Waals surface area contributed by atoms with Gasteiger partial charge in [-0.05, 0) is 0 Å². The second-order valence-corrected chi connectivity index (χ2v) is 3.67. The van der Waals surface area contributed by atoms with Crippen LogP contribution >= 0.6 is 0 Å². The molecular formula is H9NOSi2. The van der Waals surface area contributed by atoms with Gasteiger partial charge in [0.2, 0.25) is 0 Å². The highest BCUT2D eigenvalue weighted by Gasteiger charge is 1.28. The molecule has 4 heavy (non-hydrogen) atoms. The standard InChI is InChI=1S/H3N.H6OSi2/c;2-1-3/h1H3;2-3H3. The fourth-order valence-corrected chi connectivity index (χ4v) is 0. The largest absolute Gasteiger partial charge is 0.471 e. The van der Waals surface area contributed by atoms with E-state index in [0.717, 1.165) is 21.0 Å². The van der Waals surface area contributed by atoms with E-state index in [9.17, 15) is 0 Å². The monoisotopic (exact) mass is 95.0 g/mol. The molecule has 0 amide bonds. The minimum atomic E-state index is 0. The van der Waals surface area contributed by atoms with Gasteiger partial charge in [-0.15, -0.1) is 0 Å². The van der Waals surface area contributed by atoms with Crippen molar-refractivity contribution in [2.75, 3.05) is 0 Å². The molecule has 0 aliphatic rings. The predicted molar refractivity (Wildman–Crippen MR) is 26.0 cm³/mol. The van der Waals surface area contributed by atoms with E-state index >= 15 is 0 Å². The van der Waals surface area contributed by atoms with Crippen molar-refractivity contribution in [3.05, 3.63) is 0 Å². The zero-order chi connectivity index (χ0) is 2.71. The lowest BCUT2D eigenvalue weighted by Crippen LogP contribution is -1.65. The minimum Gasteiger partial charge on any atom is -0.471 e. The van der Waals surface area contributed by atoms with E-state index in [1.165, 1.54) is 0 Å². The molecule has 0 aromatic carbocycles. The van der Waals surface area contributed by atoms with Crippen molar-refractivity contribution >= 4 is 21.0 Å². The summed E-state index contributed by atoms with van der Waals surface area (Å²) in [6.45, 7) is 0. The highest BCUT2D eigenvalue weighted by molar-refractivity contribution is 6.15. The second-order valence-electron chi connectivity index (χ2n) is 0.408. The SMILES string of the molecule is N.[SiH3]O[SiH3]. The lowest BCUT2D eigenvalue weighted by Gasteiger charge is -1.62. The van der Waals surface area contributed by atoms with Crippen LogP contribution in [-0.4, -0.2) is 21.0 Å². The average molecular weight is 95.2 g/mol. The van der Waals surface area contributed by atoms with Crippen molar-refractivity contribution in [3.8, 4) is 0 Å². The second kappa shape index (κ2) is 10.1. The molecule has 0 fully saturated rings. The fraction of sp³-hybridized carbons (Fsp3) is 0. The van der Waals surface area contributed by atoms with E-state index in [0.29, 0.717) is 0 Å². The summed E-state index contributed by atoms with van der Waals surface area (Å²) in [5, 5.41) is 0. The van der Waals surface area contributed by atoms with Gasteiger partial charge in [0.25, 0.3) is 0 Å². The van der Waals surface area contributed by atoms with Crippen molar-refractivity contribution in [1.29, 1.82) is 0 Å². The number of rotatable bonds is 0. The van der Waals surface area contributed by atoms with Crippen LogP contribution < -0.4 is 6.15 Å². The smallest absolute Gasteiger partial charge is 0.129 e. The van der Waals surface area contributed by atoms with Gasteiger partial charge in [-0.3, -0.25) is 0 Å². The van der Waals surface area contributed by atoms with Crippen molar-refractivity contribution in [2.24, 2.45) is 0 Å². The van der Waals surface area contributed by atoms with Crippen LogP contribution in [0.4, 0.5) is 0 Å². The van der Waals surface area contributed by atoms with E-state index < -0.39 is 0 Å². The van der Waals surface area contributed by atoms with E-state index in [-0.39, 0.29) is 6.15 Å². The summed E-state index contributed by atoms with van der Waals surface area (Å²) in [5.74, 6) is 0. The Balaban J connectivity index is 0. The Bertz CT molecular complexity index is 6.00. The molecule has 0 aromatic rings. The summed E-state index contributed by atoms with van der Waals surface area (Å²) in [5.41, 5.74) is 0. The molecule has 4 heteroatoms. The maximum Gasteiger partial charge on any atom is 0.129 e. The third kappa shape index (κ3) is 34.5. The van der Waals surface area contributed by atoms with Gasteiger partial charge in [0.15, 0.2) is 0 Å². The van der Waals surface area contributed by atoms with Crippen LogP contribution in [0.5, 0.6) is 0 Å². The first-order chi connectivity index (χ1) is 1.41. The Hall–Kier alpha value is 0.354. The topological polar surface area (TPSA) is 44.2 Å². The average Bonchev–Trinajstić information content (AvgIpc) is 0.918. The Morgan fingerprint density at radius 2 is 1.25 bits per heavy atom. The third-order valence-electron chi connectivity index (χ3n) is 0. The zero-order valence-corrected chi connectivity index (χ0v) is 7.12. The van der Waals surface area contributed by atoms with Crippen molar-refractivity contribution in [1.82, 2.24) is 6.15 Å². The highest BCUT2D eigenvalue weighted by Crippen LogP contribution is 1.20. The van der Waals surface area contributed by atoms with Gasteiger partial charge >= 0.3 is 0 Å². The van der Waals surface area contributed by atoms with Crippen LogP contribution in [0, 0.1) is 0 Å². The van der Waals surface area contributed by atoms with Crippen LogP contribution in [0.25, 0.3) is 0 Å². The molecule has 0 aliphatic carbocycles. The molecule has 0 unspecified atom stereocenters. The van der Waals surface area contributed by atoms with Gasteiger partial charge < -0.3 is 10.3 Å². The molecule has 0 bridgehead atoms. The summed E-state index contributed by atoms with van der Waals surface area (Å²) in [7, 11) is 1.86. The van der Waals surface area contributed by atoms with Gasteiger partial charge in [0, 0.05) is 0 Å². The van der Waals surface area contributed by atoms with Crippen LogP contribution in [0.2, 0.25) is 0 Å². The van der Waals surface area contributed by atoms with Crippen molar-refractivity contribution in [3.63, 3.8) is 0 Å².